The summed E-state index contributed by atoms with van der Waals surface area (Å²) in [6.45, 7) is 2.12. The van der Waals surface area contributed by atoms with Crippen LogP contribution in [-0.2, 0) is 19.4 Å². The van der Waals surface area contributed by atoms with Crippen molar-refractivity contribution in [3.8, 4) is 0 Å². The normalized spacial score (nSPS) is 13.5. The smallest absolute Gasteiger partial charge is 0.294 e. The fourth-order valence-corrected chi connectivity index (χ4v) is 3.94. The van der Waals surface area contributed by atoms with E-state index < -0.39 is 0 Å². The van der Waals surface area contributed by atoms with Crippen molar-refractivity contribution in [1.82, 2.24) is 30.0 Å². The van der Waals surface area contributed by atoms with Crippen LogP contribution in [0.5, 0.6) is 0 Å². The van der Waals surface area contributed by atoms with Gasteiger partial charge in [-0.2, -0.15) is 4.98 Å². The third-order valence-corrected chi connectivity index (χ3v) is 5.82. The van der Waals surface area contributed by atoms with Gasteiger partial charge < -0.3 is 15.2 Å². The van der Waals surface area contributed by atoms with Crippen LogP contribution in [0.4, 0.5) is 5.82 Å². The van der Waals surface area contributed by atoms with E-state index in [4.69, 9.17) is 27.7 Å². The van der Waals surface area contributed by atoms with Crippen molar-refractivity contribution in [2.24, 2.45) is 0 Å². The molecule has 0 spiro atoms. The molecular weight excluding hydrogens is 477 g/mol. The maximum atomic E-state index is 12.8. The second-order valence-electron chi connectivity index (χ2n) is 7.69. The van der Waals surface area contributed by atoms with Gasteiger partial charge in [0.15, 0.2) is 11.6 Å². The monoisotopic (exact) mass is 501 g/mol. The number of allylic oxidation sites excluding steroid dienone is 4. The predicted octanol–water partition coefficient (Wildman–Crippen LogP) is 3.46. The first-order chi connectivity index (χ1) is 16.6. The molecule has 0 unspecified atom stereocenters. The van der Waals surface area contributed by atoms with Crippen LogP contribution >= 0.6 is 23.2 Å². The van der Waals surface area contributed by atoms with Gasteiger partial charge in [-0.05, 0) is 31.1 Å². The summed E-state index contributed by atoms with van der Waals surface area (Å²) in [7, 11) is 0. The van der Waals surface area contributed by atoms with E-state index in [0.29, 0.717) is 55.8 Å². The highest BCUT2D eigenvalue weighted by Crippen LogP contribution is 2.26. The maximum Gasteiger partial charge on any atom is 0.294 e. The number of hydrogen-bond acceptors (Lipinski definition) is 8. The van der Waals surface area contributed by atoms with Gasteiger partial charge in [0.05, 0.1) is 6.20 Å². The Morgan fingerprint density at radius 3 is 2.85 bits per heavy atom. The van der Waals surface area contributed by atoms with E-state index in [2.05, 4.69) is 30.7 Å². The average Bonchev–Trinajstić information content (AvgIpc) is 3.32. The van der Waals surface area contributed by atoms with Crippen LogP contribution in [0.2, 0.25) is 5.15 Å². The molecule has 3 aromatic heterocycles. The van der Waals surface area contributed by atoms with Crippen molar-refractivity contribution < 1.29 is 4.52 Å². The van der Waals surface area contributed by atoms with Gasteiger partial charge in [-0.25, -0.2) is 4.98 Å². The van der Waals surface area contributed by atoms with Crippen molar-refractivity contribution in [1.29, 1.82) is 0 Å². The Kier molecular flexibility index (Phi) is 8.46. The molecule has 11 heteroatoms. The summed E-state index contributed by atoms with van der Waals surface area (Å²) in [6.07, 6.45) is 10.0. The fraction of sp³-hybridized carbons (Fsp3) is 0.348. The van der Waals surface area contributed by atoms with Crippen molar-refractivity contribution >= 4 is 34.6 Å². The number of hydrogen-bond donors (Lipinski definition) is 2. The molecule has 2 N–H and O–H groups in total. The molecule has 0 amide bonds. The Hall–Kier alpha value is -3.01. The molecule has 0 saturated carbocycles. The van der Waals surface area contributed by atoms with Crippen LogP contribution in [0, 0.1) is 0 Å². The molecule has 9 nitrogen and oxygen atoms in total. The third kappa shape index (κ3) is 6.53. The Bertz CT molecular complexity index is 1220. The first-order valence-electron chi connectivity index (χ1n) is 11.1. The Morgan fingerprint density at radius 1 is 1.12 bits per heavy atom. The van der Waals surface area contributed by atoms with Crippen molar-refractivity contribution in [2.75, 3.05) is 25.0 Å². The fourth-order valence-electron chi connectivity index (χ4n) is 3.49. The van der Waals surface area contributed by atoms with Crippen LogP contribution in [0.15, 0.2) is 57.1 Å². The molecule has 3 heterocycles. The zero-order valence-electron chi connectivity index (χ0n) is 18.5. The molecule has 0 aliphatic heterocycles. The van der Waals surface area contributed by atoms with Crippen LogP contribution in [0.3, 0.4) is 0 Å². The van der Waals surface area contributed by atoms with E-state index in [9.17, 15) is 4.79 Å². The first-order valence-corrected chi connectivity index (χ1v) is 11.8. The minimum atomic E-state index is -0.259. The summed E-state index contributed by atoms with van der Waals surface area (Å²) in [5.41, 5.74) is 1.66. The van der Waals surface area contributed by atoms with E-state index in [1.54, 1.807) is 6.20 Å². The summed E-state index contributed by atoms with van der Waals surface area (Å²) >= 11 is 12.3. The topological polar surface area (TPSA) is 111 Å². The number of anilines is 1. The average molecular weight is 502 g/mol. The lowest BCUT2D eigenvalue weighted by Crippen LogP contribution is -2.31. The van der Waals surface area contributed by atoms with Crippen LogP contribution in [0.1, 0.15) is 30.3 Å². The Balaban J connectivity index is 1.23. The number of pyridine rings is 1. The molecule has 0 aromatic carbocycles. The molecule has 0 saturated heterocycles. The molecule has 0 fully saturated rings. The summed E-state index contributed by atoms with van der Waals surface area (Å²) in [6, 6.07) is 5.74. The molecule has 4 rings (SSSR count). The van der Waals surface area contributed by atoms with Crippen molar-refractivity contribution in [3.63, 3.8) is 0 Å². The summed E-state index contributed by atoms with van der Waals surface area (Å²) in [5.74, 6) is 1.40. The Morgan fingerprint density at radius 2 is 2.03 bits per heavy atom. The largest absolute Gasteiger partial charge is 0.365 e. The molecule has 1 aliphatic carbocycles. The van der Waals surface area contributed by atoms with Gasteiger partial charge in [0, 0.05) is 61.5 Å². The molecule has 0 atom stereocenters. The number of rotatable bonds is 11. The van der Waals surface area contributed by atoms with Crippen LogP contribution < -0.4 is 16.2 Å². The lowest BCUT2D eigenvalue weighted by molar-refractivity contribution is 0.373. The second-order valence-corrected chi connectivity index (χ2v) is 8.52. The number of nitrogens with one attached hydrogen (secondary N) is 2. The van der Waals surface area contributed by atoms with E-state index in [1.807, 2.05) is 30.4 Å². The minimum Gasteiger partial charge on any atom is -0.365 e. The Labute approximate surface area is 206 Å². The van der Waals surface area contributed by atoms with E-state index in [0.717, 1.165) is 24.1 Å². The molecule has 0 bridgehead atoms. The molecule has 0 radical (unpaired) electrons. The SMILES string of the molecule is O=c1c(NCCc2ccccn2)ncc(Cl)n1CCNCCc1nc(C2=CC(Cl)=CCC2)no1. The van der Waals surface area contributed by atoms with E-state index in [-0.39, 0.29) is 16.5 Å². The standard InChI is InChI=1S/C23H25Cl2N7O2/c24-17-5-3-4-16(14-17)21-30-20(34-31-21)8-10-26-12-13-32-19(25)15-29-22(23(32)33)28-11-7-18-6-1-2-9-27-18/h1-2,5-6,9,14-15,26H,3-4,7-8,10-13H2,(H,28,29). The van der Waals surface area contributed by atoms with Crippen LogP contribution in [-0.4, -0.2) is 44.3 Å². The summed E-state index contributed by atoms with van der Waals surface area (Å²) in [4.78, 5) is 25.6. The van der Waals surface area contributed by atoms with E-state index in [1.165, 1.54) is 10.8 Å². The van der Waals surface area contributed by atoms with Gasteiger partial charge in [0.1, 0.15) is 5.15 Å². The number of halogens is 2. The summed E-state index contributed by atoms with van der Waals surface area (Å²) < 4.78 is 6.83. The lowest BCUT2D eigenvalue weighted by Gasteiger charge is -2.11. The minimum absolute atomic E-state index is 0.259. The van der Waals surface area contributed by atoms with Crippen molar-refractivity contribution in [3.05, 3.63) is 80.7 Å². The second kappa shape index (κ2) is 11.9. The quantitative estimate of drug-likeness (QED) is 0.384. The highest BCUT2D eigenvalue weighted by molar-refractivity contribution is 6.31. The van der Waals surface area contributed by atoms with Gasteiger partial charge in [0.25, 0.3) is 5.56 Å². The zero-order valence-corrected chi connectivity index (χ0v) is 20.0. The summed E-state index contributed by atoms with van der Waals surface area (Å²) in [5, 5.41) is 11.4. The zero-order chi connectivity index (χ0) is 23.8. The van der Waals surface area contributed by atoms with Gasteiger partial charge in [0.2, 0.25) is 5.89 Å². The highest BCUT2D eigenvalue weighted by Gasteiger charge is 2.14. The maximum absolute atomic E-state index is 12.8. The molecular formula is C23H25Cl2N7O2. The number of nitrogens with zero attached hydrogens (tertiary/aromatic N) is 5. The first kappa shape index (κ1) is 24.1. The molecule has 1 aliphatic rings. The molecule has 178 valence electrons. The predicted molar refractivity (Wildman–Crippen MR) is 132 cm³/mol. The third-order valence-electron chi connectivity index (χ3n) is 5.25. The number of aromatic nitrogens is 5. The highest BCUT2D eigenvalue weighted by atomic mass is 35.5. The van der Waals surface area contributed by atoms with Gasteiger partial charge >= 0.3 is 0 Å². The van der Waals surface area contributed by atoms with Gasteiger partial charge in [-0.3, -0.25) is 14.3 Å². The molecule has 34 heavy (non-hydrogen) atoms. The van der Waals surface area contributed by atoms with Crippen molar-refractivity contribution in [2.45, 2.75) is 32.2 Å². The van der Waals surface area contributed by atoms with E-state index >= 15 is 0 Å². The van der Waals surface area contributed by atoms with Gasteiger partial charge in [-0.15, -0.1) is 0 Å². The molecule has 3 aromatic rings. The lowest BCUT2D eigenvalue weighted by atomic mass is 10.0. The van der Waals surface area contributed by atoms with Crippen LogP contribution in [0.25, 0.3) is 5.57 Å². The van der Waals surface area contributed by atoms with Gasteiger partial charge in [-0.1, -0.05) is 40.5 Å².